The first-order valence-corrected chi connectivity index (χ1v) is 7.97. The fourth-order valence-electron chi connectivity index (χ4n) is 3.01. The summed E-state index contributed by atoms with van der Waals surface area (Å²) in [6.07, 6.45) is 6.63. The molecule has 0 saturated heterocycles. The maximum atomic E-state index is 12.2. The maximum absolute atomic E-state index is 12.2. The van der Waals surface area contributed by atoms with E-state index >= 15 is 0 Å². The van der Waals surface area contributed by atoms with E-state index in [9.17, 15) is 4.79 Å². The Hall–Kier alpha value is -2.55. The van der Waals surface area contributed by atoms with E-state index in [-0.39, 0.29) is 11.9 Å². The minimum atomic E-state index is -0.0532. The lowest BCUT2D eigenvalue weighted by atomic mass is 9.88. The average Bonchev–Trinajstić information content (AvgIpc) is 2.61. The van der Waals surface area contributed by atoms with Gasteiger partial charge in [-0.05, 0) is 54.2 Å². The van der Waals surface area contributed by atoms with Gasteiger partial charge in [0, 0.05) is 6.08 Å². The van der Waals surface area contributed by atoms with Crippen molar-refractivity contribution in [2.75, 3.05) is 7.11 Å². The monoisotopic (exact) mass is 307 g/mol. The number of benzene rings is 2. The van der Waals surface area contributed by atoms with Crippen LogP contribution in [0.4, 0.5) is 0 Å². The molecule has 1 amide bonds. The zero-order chi connectivity index (χ0) is 16.1. The summed E-state index contributed by atoms with van der Waals surface area (Å²) in [4.78, 5) is 12.2. The molecule has 3 rings (SSSR count). The smallest absolute Gasteiger partial charge is 0.244 e. The summed E-state index contributed by atoms with van der Waals surface area (Å²) in [7, 11) is 1.64. The molecule has 1 aliphatic carbocycles. The van der Waals surface area contributed by atoms with Crippen LogP contribution in [0, 0.1) is 0 Å². The number of nitrogens with one attached hydrogen (secondary N) is 1. The van der Waals surface area contributed by atoms with Crippen LogP contribution in [0.3, 0.4) is 0 Å². The van der Waals surface area contributed by atoms with E-state index in [1.165, 1.54) is 11.1 Å². The normalized spacial score (nSPS) is 16.8. The number of hydrogen-bond acceptors (Lipinski definition) is 2. The number of fused-ring (bicyclic) bond motifs is 1. The van der Waals surface area contributed by atoms with Crippen molar-refractivity contribution in [2.24, 2.45) is 0 Å². The van der Waals surface area contributed by atoms with Gasteiger partial charge in [0.05, 0.1) is 13.2 Å². The summed E-state index contributed by atoms with van der Waals surface area (Å²) in [5, 5.41) is 3.12. The van der Waals surface area contributed by atoms with Gasteiger partial charge in [-0.3, -0.25) is 4.79 Å². The van der Waals surface area contributed by atoms with Crippen molar-refractivity contribution in [3.05, 3.63) is 71.3 Å². The van der Waals surface area contributed by atoms with Crippen molar-refractivity contribution in [1.29, 1.82) is 0 Å². The van der Waals surface area contributed by atoms with E-state index in [4.69, 9.17) is 4.74 Å². The number of aryl methyl sites for hydroxylation is 1. The molecule has 0 fully saturated rings. The average molecular weight is 307 g/mol. The van der Waals surface area contributed by atoms with E-state index in [0.717, 1.165) is 30.6 Å². The molecule has 1 atom stereocenters. The highest BCUT2D eigenvalue weighted by atomic mass is 16.5. The van der Waals surface area contributed by atoms with E-state index in [0.29, 0.717) is 0 Å². The highest BCUT2D eigenvalue weighted by Crippen LogP contribution is 2.29. The number of carbonyl (C=O) groups is 1. The number of amides is 1. The lowest BCUT2D eigenvalue weighted by molar-refractivity contribution is -0.117. The largest absolute Gasteiger partial charge is 0.497 e. The summed E-state index contributed by atoms with van der Waals surface area (Å²) < 4.78 is 5.13. The van der Waals surface area contributed by atoms with Crippen LogP contribution in [-0.2, 0) is 11.2 Å². The molecular formula is C20H21NO2. The lowest BCUT2D eigenvalue weighted by Crippen LogP contribution is -2.29. The zero-order valence-corrected chi connectivity index (χ0v) is 13.3. The van der Waals surface area contributed by atoms with Crippen molar-refractivity contribution in [3.8, 4) is 5.75 Å². The minimum absolute atomic E-state index is 0.0532. The standard InChI is InChI=1S/C20H21NO2/c1-23-17-12-9-15(10-13-17)11-14-20(22)21-19-8-4-6-16-5-2-3-7-18(16)19/h2-3,5,7,9-14,19H,4,6,8H2,1H3,(H,21,22)/b14-11+/t19-/m0/s1. The number of methoxy groups -OCH3 is 1. The molecule has 23 heavy (non-hydrogen) atoms. The summed E-state index contributed by atoms with van der Waals surface area (Å²) in [5.74, 6) is 0.757. The van der Waals surface area contributed by atoms with Crippen molar-refractivity contribution in [3.63, 3.8) is 0 Å². The second-order valence-corrected chi connectivity index (χ2v) is 5.76. The molecular weight excluding hydrogens is 286 g/mol. The third-order valence-electron chi connectivity index (χ3n) is 4.23. The third-order valence-corrected chi connectivity index (χ3v) is 4.23. The van der Waals surface area contributed by atoms with Crippen LogP contribution in [-0.4, -0.2) is 13.0 Å². The number of ether oxygens (including phenoxy) is 1. The molecule has 2 aromatic rings. The van der Waals surface area contributed by atoms with Gasteiger partial charge in [-0.1, -0.05) is 36.4 Å². The Bertz CT molecular complexity index is 704. The molecule has 3 nitrogen and oxygen atoms in total. The van der Waals surface area contributed by atoms with E-state index in [1.807, 2.05) is 36.4 Å². The van der Waals surface area contributed by atoms with Gasteiger partial charge in [0.25, 0.3) is 0 Å². The van der Waals surface area contributed by atoms with Gasteiger partial charge in [-0.2, -0.15) is 0 Å². The Kier molecular flexibility index (Phi) is 4.77. The third kappa shape index (κ3) is 3.81. The maximum Gasteiger partial charge on any atom is 0.244 e. The van der Waals surface area contributed by atoms with Gasteiger partial charge in [-0.25, -0.2) is 0 Å². The molecule has 1 N–H and O–H groups in total. The summed E-state index contributed by atoms with van der Waals surface area (Å²) in [6.45, 7) is 0. The first-order chi connectivity index (χ1) is 11.3. The Morgan fingerprint density at radius 2 is 1.96 bits per heavy atom. The SMILES string of the molecule is COc1ccc(/C=C/C(=O)N[C@H]2CCCc3ccccc32)cc1. The van der Waals surface area contributed by atoms with Gasteiger partial charge < -0.3 is 10.1 Å². The Labute approximate surface area is 137 Å². The summed E-state index contributed by atoms with van der Waals surface area (Å²) in [6, 6.07) is 16.1. The van der Waals surface area contributed by atoms with Gasteiger partial charge >= 0.3 is 0 Å². The van der Waals surface area contributed by atoms with Gasteiger partial charge in [0.15, 0.2) is 0 Å². The second kappa shape index (κ2) is 7.14. The van der Waals surface area contributed by atoms with E-state index in [1.54, 1.807) is 13.2 Å². The quantitative estimate of drug-likeness (QED) is 0.870. The van der Waals surface area contributed by atoms with Crippen LogP contribution in [0.2, 0.25) is 0 Å². The number of rotatable bonds is 4. The van der Waals surface area contributed by atoms with Crippen molar-refractivity contribution in [2.45, 2.75) is 25.3 Å². The fraction of sp³-hybridized carbons (Fsp3) is 0.250. The number of hydrogen-bond donors (Lipinski definition) is 1. The highest BCUT2D eigenvalue weighted by Gasteiger charge is 2.20. The fourth-order valence-corrected chi connectivity index (χ4v) is 3.01. The molecule has 2 aromatic carbocycles. The van der Waals surface area contributed by atoms with Gasteiger partial charge in [0.2, 0.25) is 5.91 Å². The molecule has 0 spiro atoms. The topological polar surface area (TPSA) is 38.3 Å². The first-order valence-electron chi connectivity index (χ1n) is 7.97. The lowest BCUT2D eigenvalue weighted by Gasteiger charge is -2.25. The minimum Gasteiger partial charge on any atom is -0.497 e. The molecule has 0 aliphatic heterocycles. The molecule has 118 valence electrons. The summed E-state index contributed by atoms with van der Waals surface area (Å²) in [5.41, 5.74) is 3.58. The molecule has 0 heterocycles. The number of carbonyl (C=O) groups excluding carboxylic acids is 1. The molecule has 0 aromatic heterocycles. The van der Waals surface area contributed by atoms with Crippen molar-refractivity contribution in [1.82, 2.24) is 5.32 Å². The molecule has 0 radical (unpaired) electrons. The van der Waals surface area contributed by atoms with Crippen LogP contribution in [0.25, 0.3) is 6.08 Å². The van der Waals surface area contributed by atoms with Crippen molar-refractivity contribution >= 4 is 12.0 Å². The van der Waals surface area contributed by atoms with E-state index < -0.39 is 0 Å². The van der Waals surface area contributed by atoms with Crippen LogP contribution in [0.5, 0.6) is 5.75 Å². The summed E-state index contributed by atoms with van der Waals surface area (Å²) >= 11 is 0. The van der Waals surface area contributed by atoms with Crippen LogP contribution < -0.4 is 10.1 Å². The van der Waals surface area contributed by atoms with Crippen LogP contribution >= 0.6 is 0 Å². The molecule has 3 heteroatoms. The van der Waals surface area contributed by atoms with Gasteiger partial charge in [-0.15, -0.1) is 0 Å². The Morgan fingerprint density at radius 1 is 1.17 bits per heavy atom. The van der Waals surface area contributed by atoms with Crippen molar-refractivity contribution < 1.29 is 9.53 Å². The predicted octanol–water partition coefficient (Wildman–Crippen LogP) is 3.90. The predicted molar refractivity (Wildman–Crippen MR) is 92.3 cm³/mol. The van der Waals surface area contributed by atoms with Gasteiger partial charge in [0.1, 0.15) is 5.75 Å². The molecule has 0 bridgehead atoms. The Morgan fingerprint density at radius 3 is 2.74 bits per heavy atom. The molecule has 1 aliphatic rings. The Balaban J connectivity index is 1.64. The first kappa shape index (κ1) is 15.3. The van der Waals surface area contributed by atoms with E-state index in [2.05, 4.69) is 23.5 Å². The molecule has 0 unspecified atom stereocenters. The van der Waals surface area contributed by atoms with Crippen LogP contribution in [0.15, 0.2) is 54.6 Å². The second-order valence-electron chi connectivity index (χ2n) is 5.76. The van der Waals surface area contributed by atoms with Crippen LogP contribution in [0.1, 0.15) is 35.6 Å². The molecule has 0 saturated carbocycles. The highest BCUT2D eigenvalue weighted by molar-refractivity contribution is 5.92. The zero-order valence-electron chi connectivity index (χ0n) is 13.3.